The van der Waals surface area contributed by atoms with Crippen LogP contribution in [0, 0.1) is 10.1 Å². The van der Waals surface area contributed by atoms with Crippen LogP contribution in [0.5, 0.6) is 0 Å². The van der Waals surface area contributed by atoms with Gasteiger partial charge in [-0.1, -0.05) is 6.42 Å². The van der Waals surface area contributed by atoms with Crippen molar-refractivity contribution in [2.45, 2.75) is 43.0 Å². The third kappa shape index (κ3) is 5.23. The van der Waals surface area contributed by atoms with Crippen LogP contribution in [0.4, 0.5) is 5.69 Å². The van der Waals surface area contributed by atoms with Crippen LogP contribution in [0.25, 0.3) is 0 Å². The molecule has 10 nitrogen and oxygen atoms in total. The molecule has 148 valence electrons. The molecule has 1 fully saturated rings. The summed E-state index contributed by atoms with van der Waals surface area (Å²) in [6.45, 7) is 0.319. The molecule has 1 atom stereocenters. The van der Waals surface area contributed by atoms with Crippen LogP contribution in [0.1, 0.15) is 32.1 Å². The van der Waals surface area contributed by atoms with Crippen LogP contribution in [0.3, 0.4) is 0 Å². The Hall–Kier alpha value is -2.53. The second-order valence-corrected chi connectivity index (χ2v) is 8.06. The van der Waals surface area contributed by atoms with Crippen molar-refractivity contribution in [2.24, 2.45) is 0 Å². The molecule has 1 aromatic rings. The van der Waals surface area contributed by atoms with Crippen molar-refractivity contribution in [1.29, 1.82) is 0 Å². The number of carbonyl (C=O) groups is 2. The molecule has 1 aromatic carbocycles. The summed E-state index contributed by atoms with van der Waals surface area (Å²) >= 11 is 0. The molecule has 0 spiro atoms. The van der Waals surface area contributed by atoms with Crippen LogP contribution < -0.4 is 5.32 Å². The maximum absolute atomic E-state index is 12.9. The van der Waals surface area contributed by atoms with Gasteiger partial charge in [-0.2, -0.15) is 4.31 Å². The Morgan fingerprint density at radius 3 is 2.52 bits per heavy atom. The molecule has 27 heavy (non-hydrogen) atoms. The molecule has 1 amide bonds. The number of carboxylic acids is 1. The van der Waals surface area contributed by atoms with Gasteiger partial charge in [0, 0.05) is 31.6 Å². The third-order valence-electron chi connectivity index (χ3n) is 4.28. The molecule has 1 saturated heterocycles. The number of benzene rings is 1. The first-order valence-electron chi connectivity index (χ1n) is 8.49. The van der Waals surface area contributed by atoms with E-state index in [0.717, 1.165) is 28.6 Å². The van der Waals surface area contributed by atoms with Gasteiger partial charge < -0.3 is 10.4 Å². The number of rotatable bonds is 8. The number of amides is 1. The van der Waals surface area contributed by atoms with E-state index in [1.54, 1.807) is 0 Å². The van der Waals surface area contributed by atoms with Crippen molar-refractivity contribution in [3.05, 3.63) is 34.4 Å². The highest BCUT2D eigenvalue weighted by Crippen LogP contribution is 2.26. The first kappa shape index (κ1) is 20.8. The van der Waals surface area contributed by atoms with E-state index in [9.17, 15) is 28.1 Å². The van der Waals surface area contributed by atoms with Crippen molar-refractivity contribution < 1.29 is 28.0 Å². The molecular formula is C16H21N3O7S. The predicted octanol–water partition coefficient (Wildman–Crippen LogP) is 1.12. The fourth-order valence-electron chi connectivity index (χ4n) is 2.90. The van der Waals surface area contributed by atoms with Crippen molar-refractivity contribution in [2.75, 3.05) is 13.1 Å². The van der Waals surface area contributed by atoms with Crippen molar-refractivity contribution in [3.8, 4) is 0 Å². The Morgan fingerprint density at radius 2 is 1.93 bits per heavy atom. The fraction of sp³-hybridized carbons (Fsp3) is 0.500. The lowest BCUT2D eigenvalue weighted by Crippen LogP contribution is -2.51. The Labute approximate surface area is 156 Å². The van der Waals surface area contributed by atoms with E-state index in [1.165, 1.54) is 0 Å². The van der Waals surface area contributed by atoms with Gasteiger partial charge in [-0.25, -0.2) is 8.42 Å². The number of aliphatic carboxylic acids is 1. The normalized spacial score (nSPS) is 18.0. The molecule has 0 bridgehead atoms. The van der Waals surface area contributed by atoms with E-state index in [2.05, 4.69) is 5.32 Å². The van der Waals surface area contributed by atoms with Gasteiger partial charge in [0.05, 0.1) is 9.82 Å². The van der Waals surface area contributed by atoms with Gasteiger partial charge in [0.2, 0.25) is 15.9 Å². The number of nitrogens with zero attached hydrogens (tertiary/aromatic N) is 2. The molecule has 11 heteroatoms. The predicted molar refractivity (Wildman–Crippen MR) is 94.5 cm³/mol. The summed E-state index contributed by atoms with van der Waals surface area (Å²) in [5, 5.41) is 21.9. The van der Waals surface area contributed by atoms with Crippen LogP contribution in [0.15, 0.2) is 29.2 Å². The number of nitrogens with one attached hydrogen (secondary N) is 1. The monoisotopic (exact) mass is 399 g/mol. The van der Waals surface area contributed by atoms with E-state index in [1.807, 2.05) is 0 Å². The third-order valence-corrected chi connectivity index (χ3v) is 6.20. The minimum atomic E-state index is -3.99. The highest BCUT2D eigenvalue weighted by molar-refractivity contribution is 7.89. The molecule has 1 aliphatic heterocycles. The molecule has 0 aromatic heterocycles. The fourth-order valence-corrected chi connectivity index (χ4v) is 4.56. The van der Waals surface area contributed by atoms with Crippen LogP contribution in [0.2, 0.25) is 0 Å². The van der Waals surface area contributed by atoms with Gasteiger partial charge in [0.1, 0.15) is 6.04 Å². The topological polar surface area (TPSA) is 147 Å². The number of non-ortho nitro benzene ring substituents is 1. The number of hydrogen-bond acceptors (Lipinski definition) is 6. The van der Waals surface area contributed by atoms with E-state index in [-0.39, 0.29) is 36.5 Å². The van der Waals surface area contributed by atoms with E-state index >= 15 is 0 Å². The Bertz CT molecular complexity index is 808. The van der Waals surface area contributed by atoms with Crippen molar-refractivity contribution >= 4 is 27.6 Å². The quantitative estimate of drug-likeness (QED) is 0.378. The summed E-state index contributed by atoms with van der Waals surface area (Å²) in [5.41, 5.74) is -0.222. The molecule has 0 radical (unpaired) electrons. The highest BCUT2D eigenvalue weighted by atomic mass is 32.2. The van der Waals surface area contributed by atoms with Gasteiger partial charge >= 0.3 is 5.97 Å². The Balaban J connectivity index is 2.13. The number of nitro groups is 1. The molecule has 0 saturated carbocycles. The average Bonchev–Trinajstić information content (AvgIpc) is 2.65. The Kier molecular flexibility index (Phi) is 6.86. The maximum atomic E-state index is 12.9. The van der Waals surface area contributed by atoms with Crippen LogP contribution >= 0.6 is 0 Å². The molecular weight excluding hydrogens is 378 g/mol. The SMILES string of the molecule is O=C(O)CCCNC(=O)C1CCCCN1S(=O)(=O)c1ccc([N+](=O)[O-])cc1. The smallest absolute Gasteiger partial charge is 0.303 e. The summed E-state index contributed by atoms with van der Waals surface area (Å²) in [7, 11) is -3.99. The lowest BCUT2D eigenvalue weighted by Gasteiger charge is -2.33. The van der Waals surface area contributed by atoms with E-state index in [0.29, 0.717) is 19.3 Å². The first-order chi connectivity index (χ1) is 12.7. The standard InChI is InChI=1S/C16H21N3O7S/c20-15(21)5-3-10-17-16(22)14-4-1-2-11-18(14)27(25,26)13-8-6-12(7-9-13)19(23)24/h6-9,14H,1-5,10-11H2,(H,17,22)(H,20,21). The second kappa shape index (κ2) is 8.91. The molecule has 0 aliphatic carbocycles. The number of hydrogen-bond donors (Lipinski definition) is 2. The van der Waals surface area contributed by atoms with E-state index in [4.69, 9.17) is 5.11 Å². The van der Waals surface area contributed by atoms with Gasteiger partial charge in [0.15, 0.2) is 0 Å². The zero-order chi connectivity index (χ0) is 20.0. The number of nitro benzene ring substituents is 1. The van der Waals surface area contributed by atoms with Crippen molar-refractivity contribution in [1.82, 2.24) is 9.62 Å². The van der Waals surface area contributed by atoms with Gasteiger partial charge in [-0.05, 0) is 31.4 Å². The Morgan fingerprint density at radius 1 is 1.26 bits per heavy atom. The van der Waals surface area contributed by atoms with Crippen LogP contribution in [-0.2, 0) is 19.6 Å². The van der Waals surface area contributed by atoms with Gasteiger partial charge in [0.25, 0.3) is 5.69 Å². The summed E-state index contributed by atoms with van der Waals surface area (Å²) in [5.74, 6) is -1.44. The highest BCUT2D eigenvalue weighted by Gasteiger charge is 2.37. The minimum absolute atomic E-state index is 0.0875. The average molecular weight is 399 g/mol. The zero-order valence-electron chi connectivity index (χ0n) is 14.5. The number of piperidine rings is 1. The summed E-state index contributed by atoms with van der Waals surface area (Å²) in [4.78, 5) is 32.9. The van der Waals surface area contributed by atoms with Gasteiger partial charge in [-0.15, -0.1) is 0 Å². The van der Waals surface area contributed by atoms with Gasteiger partial charge in [-0.3, -0.25) is 19.7 Å². The molecule has 2 N–H and O–H groups in total. The number of carbonyl (C=O) groups excluding carboxylic acids is 1. The van der Waals surface area contributed by atoms with Crippen molar-refractivity contribution in [3.63, 3.8) is 0 Å². The van der Waals surface area contributed by atoms with Crippen LogP contribution in [-0.4, -0.2) is 53.8 Å². The molecule has 1 unspecified atom stereocenters. The summed E-state index contributed by atoms with van der Waals surface area (Å²) in [6, 6.07) is 3.65. The largest absolute Gasteiger partial charge is 0.481 e. The summed E-state index contributed by atoms with van der Waals surface area (Å²) in [6.07, 6.45) is 1.82. The number of carboxylic acid groups (broad SMARTS) is 1. The molecule has 1 aliphatic rings. The summed E-state index contributed by atoms with van der Waals surface area (Å²) < 4.78 is 26.9. The lowest BCUT2D eigenvalue weighted by molar-refractivity contribution is -0.384. The molecule has 2 rings (SSSR count). The lowest BCUT2D eigenvalue weighted by atomic mass is 10.0. The van der Waals surface area contributed by atoms with E-state index < -0.39 is 32.9 Å². The first-order valence-corrected chi connectivity index (χ1v) is 9.93. The minimum Gasteiger partial charge on any atom is -0.481 e. The maximum Gasteiger partial charge on any atom is 0.303 e. The second-order valence-electron chi connectivity index (χ2n) is 6.17. The zero-order valence-corrected chi connectivity index (χ0v) is 15.4. The molecule has 1 heterocycles. The number of sulfonamides is 1.